The number of carbonyl (C=O) groups excluding carboxylic acids is 6. The Morgan fingerprint density at radius 1 is 1.10 bits per heavy atom. The first-order chi connectivity index (χ1) is 19.2. The molecule has 41 heavy (non-hydrogen) atoms. The SMILES string of the molecule is CCCCCC(=O)C=Cc1ccc(O)c2c1[C@H](C)[C@@H]1C(C2=O)C(=O)[C@]2(O)C(=O)C(C(N)=O)C(=O)[C@@H](N(C)C)[C@@H]2[C@H]1O. The summed E-state index contributed by atoms with van der Waals surface area (Å²) < 4.78 is 0. The zero-order chi connectivity index (χ0) is 30.5. The van der Waals surface area contributed by atoms with Gasteiger partial charge in [0, 0.05) is 12.3 Å². The van der Waals surface area contributed by atoms with E-state index >= 15 is 0 Å². The van der Waals surface area contributed by atoms with Crippen molar-refractivity contribution < 1.29 is 44.1 Å². The number of rotatable bonds is 8. The lowest BCUT2D eigenvalue weighted by Gasteiger charge is -2.56. The van der Waals surface area contributed by atoms with E-state index in [9.17, 15) is 44.1 Å². The summed E-state index contributed by atoms with van der Waals surface area (Å²) in [7, 11) is 2.87. The number of primary amides is 1. The second kappa shape index (κ2) is 11.0. The fourth-order valence-electron chi connectivity index (χ4n) is 7.06. The number of hydrogen-bond donors (Lipinski definition) is 4. The number of nitrogens with two attached hydrogens (primary N) is 1. The van der Waals surface area contributed by atoms with Gasteiger partial charge in [0.15, 0.2) is 40.4 Å². The molecule has 2 fully saturated rings. The minimum absolute atomic E-state index is 0.122. The number of aromatic hydroxyl groups is 1. The first-order valence-corrected chi connectivity index (χ1v) is 13.8. The number of ketones is 5. The van der Waals surface area contributed by atoms with Crippen molar-refractivity contribution in [1.29, 1.82) is 0 Å². The number of unbranched alkanes of at least 4 members (excludes halogenated alkanes) is 2. The lowest BCUT2D eigenvalue weighted by molar-refractivity contribution is -0.196. The second-order valence-electron chi connectivity index (χ2n) is 11.6. The average Bonchev–Trinajstić information content (AvgIpc) is 2.89. The highest BCUT2D eigenvalue weighted by molar-refractivity contribution is 6.32. The maximum absolute atomic E-state index is 14.0. The molecular formula is C30H36N2O9. The zero-order valence-electron chi connectivity index (χ0n) is 23.5. The van der Waals surface area contributed by atoms with Crippen LogP contribution in [0.2, 0.25) is 0 Å². The van der Waals surface area contributed by atoms with E-state index in [1.54, 1.807) is 6.92 Å². The quantitative estimate of drug-likeness (QED) is 0.196. The Morgan fingerprint density at radius 2 is 1.76 bits per heavy atom. The molecule has 4 rings (SSSR count). The standard InChI is InChI=1S/C30H36N2O9/c1-5-6-7-8-15(33)11-9-14-10-12-16(34)19-17(14)13(2)18-20(24(19)35)27(38)30(41)22(25(18)36)23(32(3)4)26(37)21(28(30)39)29(31)40/h9-13,18,20-23,25,34,36,41H,5-8H2,1-4H3,(H2,31,40)/t13-,18+,20?,21?,22+,23-,25-,30-/m0/s1. The number of aliphatic hydroxyl groups is 2. The Labute approximate surface area is 237 Å². The number of hydrogen-bond acceptors (Lipinski definition) is 10. The Kier molecular flexibility index (Phi) is 8.19. The number of fused-ring (bicyclic) bond motifs is 3. The molecule has 220 valence electrons. The third-order valence-corrected chi connectivity index (χ3v) is 8.98. The number of allylic oxidation sites excluding steroid dienone is 1. The number of amides is 1. The van der Waals surface area contributed by atoms with Crippen LogP contribution in [-0.4, -0.2) is 86.9 Å². The van der Waals surface area contributed by atoms with E-state index in [2.05, 4.69) is 0 Å². The average molecular weight is 569 g/mol. The molecule has 0 aromatic heterocycles. The van der Waals surface area contributed by atoms with E-state index in [1.807, 2.05) is 6.92 Å². The van der Waals surface area contributed by atoms with Gasteiger partial charge in [-0.2, -0.15) is 0 Å². The van der Waals surface area contributed by atoms with Gasteiger partial charge in [0.05, 0.1) is 29.5 Å². The lowest BCUT2D eigenvalue weighted by Crippen LogP contribution is -2.77. The summed E-state index contributed by atoms with van der Waals surface area (Å²) in [5.41, 5.74) is 2.79. The lowest BCUT2D eigenvalue weighted by atomic mass is 9.49. The minimum Gasteiger partial charge on any atom is -0.507 e. The van der Waals surface area contributed by atoms with Crippen molar-refractivity contribution in [3.63, 3.8) is 0 Å². The van der Waals surface area contributed by atoms with Gasteiger partial charge >= 0.3 is 0 Å². The van der Waals surface area contributed by atoms with Gasteiger partial charge in [-0.15, -0.1) is 0 Å². The molecule has 0 spiro atoms. The van der Waals surface area contributed by atoms with Crippen LogP contribution in [0.3, 0.4) is 0 Å². The third-order valence-electron chi connectivity index (χ3n) is 8.98. The largest absolute Gasteiger partial charge is 0.507 e. The van der Waals surface area contributed by atoms with Gasteiger partial charge < -0.3 is 21.1 Å². The summed E-state index contributed by atoms with van der Waals surface area (Å²) in [5.74, 6) is -14.0. The summed E-state index contributed by atoms with van der Waals surface area (Å²) in [4.78, 5) is 80.4. The van der Waals surface area contributed by atoms with Gasteiger partial charge in [0.2, 0.25) is 5.91 Å². The first kappa shape index (κ1) is 30.4. The topological polar surface area (TPSA) is 192 Å². The molecule has 0 bridgehead atoms. The van der Waals surface area contributed by atoms with Gasteiger partial charge in [-0.05, 0) is 49.7 Å². The molecular weight excluding hydrogens is 532 g/mol. The van der Waals surface area contributed by atoms with Crippen molar-refractivity contribution in [2.24, 2.45) is 29.4 Å². The van der Waals surface area contributed by atoms with Gasteiger partial charge in [-0.1, -0.05) is 38.8 Å². The third kappa shape index (κ3) is 4.56. The van der Waals surface area contributed by atoms with E-state index in [0.29, 0.717) is 17.5 Å². The highest BCUT2D eigenvalue weighted by Crippen LogP contribution is 2.55. The maximum atomic E-state index is 14.0. The Hall–Kier alpha value is -3.54. The van der Waals surface area contributed by atoms with Crippen LogP contribution in [0.1, 0.15) is 66.9 Å². The van der Waals surface area contributed by atoms with E-state index in [-0.39, 0.29) is 11.3 Å². The predicted molar refractivity (Wildman–Crippen MR) is 146 cm³/mol. The van der Waals surface area contributed by atoms with Crippen LogP contribution in [0, 0.1) is 23.7 Å². The molecule has 0 heterocycles. The monoisotopic (exact) mass is 568 g/mol. The van der Waals surface area contributed by atoms with Crippen LogP contribution >= 0.6 is 0 Å². The molecule has 8 atom stereocenters. The van der Waals surface area contributed by atoms with Crippen LogP contribution in [-0.2, 0) is 24.0 Å². The molecule has 0 saturated heterocycles. The van der Waals surface area contributed by atoms with Crippen molar-refractivity contribution in [3.05, 3.63) is 34.9 Å². The predicted octanol–water partition coefficient (Wildman–Crippen LogP) is 0.561. The normalized spacial score (nSPS) is 33.1. The van der Waals surface area contributed by atoms with Crippen molar-refractivity contribution >= 4 is 40.9 Å². The summed E-state index contributed by atoms with van der Waals surface area (Å²) >= 11 is 0. The molecule has 5 N–H and O–H groups in total. The molecule has 0 aliphatic heterocycles. The van der Waals surface area contributed by atoms with Crippen LogP contribution in [0.5, 0.6) is 5.75 Å². The summed E-state index contributed by atoms with van der Waals surface area (Å²) in [6.45, 7) is 3.66. The van der Waals surface area contributed by atoms with Crippen LogP contribution in [0.15, 0.2) is 18.2 Å². The Balaban J connectivity index is 1.86. The molecule has 1 aromatic carbocycles. The molecule has 11 heteroatoms. The van der Waals surface area contributed by atoms with Gasteiger partial charge in [-0.25, -0.2) is 0 Å². The molecule has 3 aliphatic carbocycles. The van der Waals surface area contributed by atoms with Gasteiger partial charge in [-0.3, -0.25) is 33.7 Å². The molecule has 1 amide bonds. The van der Waals surface area contributed by atoms with Crippen molar-refractivity contribution in [1.82, 2.24) is 4.90 Å². The number of phenols is 1. The number of aliphatic hydroxyl groups excluding tert-OH is 1. The molecule has 11 nitrogen and oxygen atoms in total. The van der Waals surface area contributed by atoms with Crippen LogP contribution in [0.4, 0.5) is 0 Å². The Bertz CT molecular complexity index is 1370. The highest BCUT2D eigenvalue weighted by Gasteiger charge is 2.73. The number of benzene rings is 1. The molecule has 1 aromatic rings. The number of Topliss-reactive ketones (excluding diaryl/α,β-unsaturated/α-hetero) is 4. The van der Waals surface area contributed by atoms with E-state index < -0.39 is 82.1 Å². The smallest absolute Gasteiger partial charge is 0.235 e. The first-order valence-electron chi connectivity index (χ1n) is 13.8. The number of carbonyl (C=O) groups is 6. The van der Waals surface area contributed by atoms with Crippen molar-refractivity contribution in [2.45, 2.75) is 63.2 Å². The molecule has 2 saturated carbocycles. The zero-order valence-corrected chi connectivity index (χ0v) is 23.5. The van der Waals surface area contributed by atoms with Crippen molar-refractivity contribution in [3.8, 4) is 5.75 Å². The fourth-order valence-corrected chi connectivity index (χ4v) is 7.06. The molecule has 0 radical (unpaired) electrons. The second-order valence-corrected chi connectivity index (χ2v) is 11.6. The van der Waals surface area contributed by atoms with Gasteiger partial charge in [0.1, 0.15) is 5.75 Å². The summed E-state index contributed by atoms with van der Waals surface area (Å²) in [5, 5.41) is 34.1. The van der Waals surface area contributed by atoms with Crippen molar-refractivity contribution in [2.75, 3.05) is 14.1 Å². The fraction of sp³-hybridized carbons (Fsp3) is 0.533. The highest BCUT2D eigenvalue weighted by atomic mass is 16.3. The number of nitrogens with zero attached hydrogens (tertiary/aromatic N) is 1. The number of likely N-dealkylation sites (N-methyl/N-ethyl adjacent to an activating group) is 1. The minimum atomic E-state index is -3.05. The molecule has 3 aliphatic rings. The summed E-state index contributed by atoms with van der Waals surface area (Å²) in [6, 6.07) is 1.33. The maximum Gasteiger partial charge on any atom is 0.235 e. The van der Waals surface area contributed by atoms with E-state index in [4.69, 9.17) is 5.73 Å². The van der Waals surface area contributed by atoms with E-state index in [0.717, 1.165) is 19.3 Å². The van der Waals surface area contributed by atoms with Gasteiger partial charge in [0.25, 0.3) is 0 Å². The Morgan fingerprint density at radius 3 is 2.34 bits per heavy atom. The van der Waals surface area contributed by atoms with Crippen LogP contribution in [0.25, 0.3) is 6.08 Å². The van der Waals surface area contributed by atoms with E-state index in [1.165, 1.54) is 43.3 Å². The number of phenolic OH excluding ortho intramolecular Hbond substituents is 1. The molecule has 2 unspecified atom stereocenters. The van der Waals surface area contributed by atoms with Crippen LogP contribution < -0.4 is 5.73 Å². The summed E-state index contributed by atoms with van der Waals surface area (Å²) in [6.07, 6.45) is 4.12.